The van der Waals surface area contributed by atoms with Gasteiger partial charge in [-0.05, 0) is 44.0 Å². The van der Waals surface area contributed by atoms with Crippen molar-refractivity contribution in [1.82, 2.24) is 19.5 Å². The van der Waals surface area contributed by atoms with E-state index in [-0.39, 0.29) is 23.8 Å². The molecule has 11 heteroatoms. The number of nitrogens with one attached hydrogen (secondary N) is 2. The fourth-order valence-electron chi connectivity index (χ4n) is 3.14. The molecule has 9 nitrogen and oxygen atoms in total. The van der Waals surface area contributed by atoms with Crippen molar-refractivity contribution < 1.29 is 13.2 Å². The van der Waals surface area contributed by atoms with E-state index < -0.39 is 10.0 Å². The molecule has 2 heterocycles. The first kappa shape index (κ1) is 24.5. The number of nitrogens with zero attached hydrogens (tertiary/aromatic N) is 3. The number of rotatable bonds is 8. The zero-order chi connectivity index (χ0) is 24.3. The van der Waals surface area contributed by atoms with Crippen LogP contribution in [0.3, 0.4) is 0 Å². The minimum Gasteiger partial charge on any atom is -0.321 e. The van der Waals surface area contributed by atoms with Crippen molar-refractivity contribution in [3.63, 3.8) is 0 Å². The van der Waals surface area contributed by atoms with Crippen molar-refractivity contribution in [2.45, 2.75) is 26.5 Å². The van der Waals surface area contributed by atoms with Crippen molar-refractivity contribution in [2.75, 3.05) is 11.9 Å². The smallest absolute Gasteiger partial charge is 0.277 e. The average Bonchev–Trinajstić information content (AvgIpc) is 3.13. The number of amides is 1. The van der Waals surface area contributed by atoms with Crippen LogP contribution in [0.2, 0.25) is 0 Å². The Morgan fingerprint density at radius 1 is 1.18 bits per heavy atom. The van der Waals surface area contributed by atoms with E-state index in [9.17, 15) is 18.0 Å². The summed E-state index contributed by atoms with van der Waals surface area (Å²) in [4.78, 5) is 30.3. The number of hydrogen-bond acceptors (Lipinski definition) is 7. The molecule has 0 unspecified atom stereocenters. The number of benzene rings is 1. The summed E-state index contributed by atoms with van der Waals surface area (Å²) >= 11 is 1.14. The summed E-state index contributed by atoms with van der Waals surface area (Å²) in [6.45, 7) is 8.99. The van der Waals surface area contributed by atoms with Gasteiger partial charge >= 0.3 is 0 Å². The van der Waals surface area contributed by atoms with Gasteiger partial charge in [0.15, 0.2) is 0 Å². The number of aromatic nitrogens is 3. The van der Waals surface area contributed by atoms with E-state index in [0.717, 1.165) is 16.9 Å². The van der Waals surface area contributed by atoms with Crippen LogP contribution in [0.1, 0.15) is 32.2 Å². The van der Waals surface area contributed by atoms with Crippen molar-refractivity contribution >= 4 is 33.0 Å². The highest BCUT2D eigenvalue weighted by atomic mass is 32.2. The fourth-order valence-corrected chi connectivity index (χ4v) is 5.30. The maximum absolute atomic E-state index is 12.9. The van der Waals surface area contributed by atoms with Crippen LogP contribution in [0, 0.1) is 20.8 Å². The molecule has 0 aliphatic carbocycles. The molecule has 2 aromatic heterocycles. The van der Waals surface area contributed by atoms with Gasteiger partial charge in [0.1, 0.15) is 9.88 Å². The van der Waals surface area contributed by atoms with Crippen LogP contribution in [0.15, 0.2) is 41.7 Å². The highest BCUT2D eigenvalue weighted by Gasteiger charge is 2.21. The molecule has 0 radical (unpaired) electrons. The maximum Gasteiger partial charge on any atom is 0.277 e. The molecule has 3 aromatic rings. The summed E-state index contributed by atoms with van der Waals surface area (Å²) in [5, 5.41) is 7.44. The lowest BCUT2D eigenvalue weighted by Gasteiger charge is -2.07. The molecular weight excluding hydrogens is 462 g/mol. The second-order valence-electron chi connectivity index (χ2n) is 7.49. The van der Waals surface area contributed by atoms with Gasteiger partial charge in [-0.25, -0.2) is 22.8 Å². The summed E-state index contributed by atoms with van der Waals surface area (Å²) in [7, 11) is -1.88. The first-order chi connectivity index (χ1) is 15.5. The number of anilines is 1. The monoisotopic (exact) mass is 487 g/mol. The Balaban J connectivity index is 1.79. The Hall–Kier alpha value is -3.15. The van der Waals surface area contributed by atoms with Gasteiger partial charge in [-0.3, -0.25) is 9.59 Å². The van der Waals surface area contributed by atoms with Crippen molar-refractivity contribution in [3.05, 3.63) is 74.7 Å². The van der Waals surface area contributed by atoms with Crippen LogP contribution in [0.25, 0.3) is 10.6 Å². The molecule has 1 aromatic carbocycles. The zero-order valence-electron chi connectivity index (χ0n) is 18.8. The predicted octanol–water partition coefficient (Wildman–Crippen LogP) is 2.69. The van der Waals surface area contributed by atoms with E-state index in [1.165, 1.54) is 10.8 Å². The zero-order valence-corrected chi connectivity index (χ0v) is 20.4. The third kappa shape index (κ3) is 5.62. The van der Waals surface area contributed by atoms with E-state index in [1.54, 1.807) is 38.2 Å². The van der Waals surface area contributed by atoms with E-state index in [4.69, 9.17) is 0 Å². The number of sulfonamides is 1. The molecule has 0 saturated heterocycles. The summed E-state index contributed by atoms with van der Waals surface area (Å²) in [6.07, 6.45) is 1.47. The Morgan fingerprint density at radius 3 is 2.48 bits per heavy atom. The molecule has 0 aliphatic rings. The molecule has 3 rings (SSSR count). The standard InChI is InChI=1S/C22H25N5O4S2/c1-6-11-23-33(30,31)12-16-7-9-17(10-8-16)25-20(28)19-15(4)24-21(32-19)18-13(2)14(3)26-27(5)22(18)29/h6-10,23H,1,11-12H2,2-5H3,(H,25,28). The van der Waals surface area contributed by atoms with Crippen LogP contribution in [0.5, 0.6) is 0 Å². The Morgan fingerprint density at radius 2 is 1.85 bits per heavy atom. The van der Waals surface area contributed by atoms with Gasteiger partial charge in [0, 0.05) is 19.3 Å². The summed E-state index contributed by atoms with van der Waals surface area (Å²) in [6, 6.07) is 6.56. The van der Waals surface area contributed by atoms with E-state index in [0.29, 0.717) is 38.1 Å². The quantitative estimate of drug-likeness (QED) is 0.471. The van der Waals surface area contributed by atoms with Gasteiger partial charge in [-0.1, -0.05) is 18.2 Å². The van der Waals surface area contributed by atoms with Gasteiger partial charge < -0.3 is 5.32 Å². The number of aryl methyl sites for hydroxylation is 3. The normalized spacial score (nSPS) is 11.4. The van der Waals surface area contributed by atoms with Crippen molar-refractivity contribution in [1.29, 1.82) is 0 Å². The lowest BCUT2D eigenvalue weighted by molar-refractivity contribution is 0.103. The minimum absolute atomic E-state index is 0.164. The second-order valence-corrected chi connectivity index (χ2v) is 10.3. The van der Waals surface area contributed by atoms with Gasteiger partial charge in [0.2, 0.25) is 10.0 Å². The van der Waals surface area contributed by atoms with E-state index >= 15 is 0 Å². The van der Waals surface area contributed by atoms with Crippen LogP contribution in [-0.4, -0.2) is 35.6 Å². The van der Waals surface area contributed by atoms with Crippen molar-refractivity contribution in [2.24, 2.45) is 7.05 Å². The molecule has 0 fully saturated rings. The first-order valence-corrected chi connectivity index (χ1v) is 12.5. The third-order valence-electron chi connectivity index (χ3n) is 4.96. The molecule has 174 valence electrons. The fraction of sp³-hybridized carbons (Fsp3) is 0.273. The molecular formula is C22H25N5O4S2. The molecule has 0 bridgehead atoms. The topological polar surface area (TPSA) is 123 Å². The van der Waals surface area contributed by atoms with Gasteiger partial charge in [0.05, 0.1) is 22.7 Å². The largest absolute Gasteiger partial charge is 0.321 e. The van der Waals surface area contributed by atoms with E-state index in [1.807, 2.05) is 13.8 Å². The molecule has 0 saturated carbocycles. The van der Waals surface area contributed by atoms with Gasteiger partial charge in [-0.15, -0.1) is 17.9 Å². The predicted molar refractivity (Wildman–Crippen MR) is 130 cm³/mol. The number of carbonyl (C=O) groups excluding carboxylic acids is 1. The minimum atomic E-state index is -3.47. The maximum atomic E-state index is 12.9. The lowest BCUT2D eigenvalue weighted by atomic mass is 10.1. The Labute approximate surface area is 196 Å². The molecule has 0 spiro atoms. The molecule has 1 amide bonds. The lowest BCUT2D eigenvalue weighted by Crippen LogP contribution is -2.25. The molecule has 33 heavy (non-hydrogen) atoms. The van der Waals surface area contributed by atoms with Crippen LogP contribution >= 0.6 is 11.3 Å². The SMILES string of the molecule is C=CCNS(=O)(=O)Cc1ccc(NC(=O)c2sc(-c3c(C)c(C)nn(C)c3=O)nc2C)cc1. The molecule has 2 N–H and O–H groups in total. The highest BCUT2D eigenvalue weighted by molar-refractivity contribution is 7.88. The summed E-state index contributed by atoms with van der Waals surface area (Å²) in [5.74, 6) is -0.531. The Kier molecular flexibility index (Phi) is 7.25. The third-order valence-corrected chi connectivity index (χ3v) is 7.45. The van der Waals surface area contributed by atoms with Crippen LogP contribution in [0.4, 0.5) is 5.69 Å². The summed E-state index contributed by atoms with van der Waals surface area (Å²) in [5.41, 5.74) is 3.22. The van der Waals surface area contributed by atoms with Crippen LogP contribution in [-0.2, 0) is 22.8 Å². The first-order valence-electron chi connectivity index (χ1n) is 10.0. The highest BCUT2D eigenvalue weighted by Crippen LogP contribution is 2.29. The van der Waals surface area contributed by atoms with Crippen LogP contribution < -0.4 is 15.6 Å². The van der Waals surface area contributed by atoms with Gasteiger partial charge in [0.25, 0.3) is 11.5 Å². The number of hydrogen-bond donors (Lipinski definition) is 2. The molecule has 0 aliphatic heterocycles. The van der Waals surface area contributed by atoms with Gasteiger partial charge in [-0.2, -0.15) is 5.10 Å². The number of carbonyl (C=O) groups is 1. The number of thiazole rings is 1. The molecule has 0 atom stereocenters. The Bertz CT molecular complexity index is 1370. The summed E-state index contributed by atoms with van der Waals surface area (Å²) < 4.78 is 27.7. The average molecular weight is 488 g/mol. The van der Waals surface area contributed by atoms with E-state index in [2.05, 4.69) is 26.7 Å². The van der Waals surface area contributed by atoms with Crippen molar-refractivity contribution in [3.8, 4) is 10.6 Å². The second kappa shape index (κ2) is 9.77.